The molecule has 0 unspecified atom stereocenters. The monoisotopic (exact) mass is 355 g/mol. The second-order valence-corrected chi connectivity index (χ2v) is 6.99. The quantitative estimate of drug-likeness (QED) is 0.894. The fourth-order valence-corrected chi connectivity index (χ4v) is 3.67. The Balaban J connectivity index is 1.57. The summed E-state index contributed by atoms with van der Waals surface area (Å²) in [6, 6.07) is 5.17. The summed E-state index contributed by atoms with van der Waals surface area (Å²) in [4.78, 5) is 19.0. The fourth-order valence-electron chi connectivity index (χ4n) is 3.67. The number of hydrogen-bond acceptors (Lipinski definition) is 3. The van der Waals surface area contributed by atoms with Gasteiger partial charge in [0.15, 0.2) is 0 Å². The number of rotatable bonds is 3. The van der Waals surface area contributed by atoms with E-state index in [1.165, 1.54) is 6.42 Å². The average molecular weight is 355 g/mol. The molecule has 1 saturated heterocycles. The number of nitrogens with zero attached hydrogens (tertiary/aromatic N) is 2. The normalized spacial score (nSPS) is 24.8. The summed E-state index contributed by atoms with van der Waals surface area (Å²) >= 11 is 0. The van der Waals surface area contributed by atoms with Crippen molar-refractivity contribution in [2.75, 3.05) is 18.0 Å². The highest BCUT2D eigenvalue weighted by atomic mass is 19.4. The van der Waals surface area contributed by atoms with E-state index in [2.05, 4.69) is 15.2 Å². The van der Waals surface area contributed by atoms with Crippen molar-refractivity contribution < 1.29 is 18.0 Å². The van der Waals surface area contributed by atoms with Crippen LogP contribution in [0.3, 0.4) is 0 Å². The number of carbonyl (C=O) groups is 1. The van der Waals surface area contributed by atoms with Gasteiger partial charge in [-0.15, -0.1) is 0 Å². The standard InChI is InChI=1S/C18H24F3N3O/c19-18(20,21)13-7-9-14(10-8-13)22-17(25)15-5-4-6-16(23-15)24-11-2-1-3-12-24/h4-6,13-14H,1-3,7-12H2,(H,22,25). The highest BCUT2D eigenvalue weighted by molar-refractivity contribution is 5.92. The van der Waals surface area contributed by atoms with Crippen molar-refractivity contribution in [3.63, 3.8) is 0 Å². The van der Waals surface area contributed by atoms with Gasteiger partial charge in [-0.1, -0.05) is 6.07 Å². The molecule has 2 heterocycles. The lowest BCUT2D eigenvalue weighted by Gasteiger charge is -2.30. The second kappa shape index (κ2) is 7.62. The van der Waals surface area contributed by atoms with Crippen molar-refractivity contribution in [2.24, 2.45) is 5.92 Å². The minimum Gasteiger partial charge on any atom is -0.357 e. The maximum Gasteiger partial charge on any atom is 0.391 e. The van der Waals surface area contributed by atoms with E-state index in [4.69, 9.17) is 0 Å². The summed E-state index contributed by atoms with van der Waals surface area (Å²) in [7, 11) is 0. The van der Waals surface area contributed by atoms with E-state index >= 15 is 0 Å². The molecule has 138 valence electrons. The molecule has 25 heavy (non-hydrogen) atoms. The molecule has 1 amide bonds. The first kappa shape index (κ1) is 18.0. The summed E-state index contributed by atoms with van der Waals surface area (Å²) in [6.45, 7) is 1.89. The molecule has 7 heteroatoms. The topological polar surface area (TPSA) is 45.2 Å². The number of anilines is 1. The largest absolute Gasteiger partial charge is 0.391 e. The van der Waals surface area contributed by atoms with Crippen LogP contribution in [0.4, 0.5) is 19.0 Å². The lowest BCUT2D eigenvalue weighted by molar-refractivity contribution is -0.182. The maximum absolute atomic E-state index is 12.7. The van der Waals surface area contributed by atoms with E-state index in [9.17, 15) is 18.0 Å². The molecule has 1 aromatic heterocycles. The van der Waals surface area contributed by atoms with Gasteiger partial charge < -0.3 is 10.2 Å². The Morgan fingerprint density at radius 2 is 1.76 bits per heavy atom. The number of nitrogens with one attached hydrogen (secondary N) is 1. The van der Waals surface area contributed by atoms with Gasteiger partial charge in [0.1, 0.15) is 11.5 Å². The molecule has 0 radical (unpaired) electrons. The molecular formula is C18H24F3N3O. The van der Waals surface area contributed by atoms with E-state index in [1.807, 2.05) is 12.1 Å². The second-order valence-electron chi connectivity index (χ2n) is 6.99. The molecule has 4 nitrogen and oxygen atoms in total. The highest BCUT2D eigenvalue weighted by Crippen LogP contribution is 2.37. The average Bonchev–Trinajstić information content (AvgIpc) is 2.62. The van der Waals surface area contributed by atoms with Gasteiger partial charge in [0.25, 0.3) is 5.91 Å². The highest BCUT2D eigenvalue weighted by Gasteiger charge is 2.41. The molecule has 0 bridgehead atoms. The van der Waals surface area contributed by atoms with Gasteiger partial charge in [-0.05, 0) is 57.1 Å². The molecule has 1 N–H and O–H groups in total. The summed E-state index contributed by atoms with van der Waals surface area (Å²) in [5.41, 5.74) is 0.334. The smallest absolute Gasteiger partial charge is 0.357 e. The van der Waals surface area contributed by atoms with Gasteiger partial charge in [-0.2, -0.15) is 13.2 Å². The van der Waals surface area contributed by atoms with Crippen molar-refractivity contribution in [1.82, 2.24) is 10.3 Å². The van der Waals surface area contributed by atoms with Crippen molar-refractivity contribution in [2.45, 2.75) is 57.2 Å². The van der Waals surface area contributed by atoms with Crippen molar-refractivity contribution in [3.8, 4) is 0 Å². The SMILES string of the molecule is O=C(NC1CCC(C(F)(F)F)CC1)c1cccc(N2CCCCC2)n1. The Morgan fingerprint density at radius 1 is 1.08 bits per heavy atom. The Bertz CT molecular complexity index is 591. The maximum atomic E-state index is 12.7. The Hall–Kier alpha value is -1.79. The number of halogens is 3. The number of amides is 1. The molecule has 0 aromatic carbocycles. The molecule has 1 saturated carbocycles. The molecule has 1 aliphatic heterocycles. The third kappa shape index (κ3) is 4.64. The molecule has 1 aliphatic carbocycles. The molecular weight excluding hydrogens is 331 g/mol. The first-order valence-electron chi connectivity index (χ1n) is 9.03. The summed E-state index contributed by atoms with van der Waals surface area (Å²) < 4.78 is 38.1. The molecule has 2 fully saturated rings. The van der Waals surface area contributed by atoms with Gasteiger partial charge in [0, 0.05) is 19.1 Å². The summed E-state index contributed by atoms with van der Waals surface area (Å²) in [5.74, 6) is -0.733. The number of pyridine rings is 1. The lowest BCUT2D eigenvalue weighted by Crippen LogP contribution is -2.40. The van der Waals surface area contributed by atoms with Gasteiger partial charge >= 0.3 is 6.18 Å². The van der Waals surface area contributed by atoms with Crippen molar-refractivity contribution in [3.05, 3.63) is 23.9 Å². The van der Waals surface area contributed by atoms with Gasteiger partial charge in [-0.3, -0.25) is 4.79 Å². The zero-order chi connectivity index (χ0) is 17.9. The van der Waals surface area contributed by atoms with Crippen molar-refractivity contribution in [1.29, 1.82) is 0 Å². The number of aromatic nitrogens is 1. The molecule has 1 aromatic rings. The van der Waals surface area contributed by atoms with E-state index < -0.39 is 12.1 Å². The van der Waals surface area contributed by atoms with E-state index in [1.54, 1.807) is 6.07 Å². The Kier molecular flexibility index (Phi) is 5.49. The number of carbonyl (C=O) groups excluding carboxylic acids is 1. The third-order valence-corrected chi connectivity index (χ3v) is 5.17. The first-order chi connectivity index (χ1) is 11.9. The van der Waals surface area contributed by atoms with Crippen LogP contribution < -0.4 is 10.2 Å². The predicted octanol–water partition coefficient (Wildman–Crippen LogP) is 3.92. The van der Waals surface area contributed by atoms with E-state index in [0.29, 0.717) is 18.5 Å². The predicted molar refractivity (Wildman–Crippen MR) is 89.6 cm³/mol. The van der Waals surface area contributed by atoms with E-state index in [0.717, 1.165) is 31.7 Å². The van der Waals surface area contributed by atoms with Crippen LogP contribution in [-0.4, -0.2) is 36.2 Å². The molecule has 3 rings (SSSR count). The van der Waals surface area contributed by atoms with Crippen LogP contribution in [0, 0.1) is 5.92 Å². The van der Waals surface area contributed by atoms with E-state index in [-0.39, 0.29) is 24.8 Å². The molecule has 0 spiro atoms. The Labute approximate surface area is 145 Å². The van der Waals surface area contributed by atoms with Crippen LogP contribution in [0.15, 0.2) is 18.2 Å². The zero-order valence-corrected chi connectivity index (χ0v) is 14.2. The van der Waals surface area contributed by atoms with Crippen LogP contribution in [0.2, 0.25) is 0 Å². The molecule has 0 atom stereocenters. The zero-order valence-electron chi connectivity index (χ0n) is 14.2. The van der Waals surface area contributed by atoms with Crippen LogP contribution in [-0.2, 0) is 0 Å². The third-order valence-electron chi connectivity index (χ3n) is 5.17. The van der Waals surface area contributed by atoms with Crippen molar-refractivity contribution >= 4 is 11.7 Å². The first-order valence-corrected chi connectivity index (χ1v) is 9.03. The van der Waals surface area contributed by atoms with Crippen LogP contribution in [0.25, 0.3) is 0 Å². The van der Waals surface area contributed by atoms with Gasteiger partial charge in [0.05, 0.1) is 5.92 Å². The summed E-state index contributed by atoms with van der Waals surface area (Å²) in [5, 5.41) is 2.85. The number of alkyl halides is 3. The van der Waals surface area contributed by atoms with Crippen LogP contribution >= 0.6 is 0 Å². The fraction of sp³-hybridized carbons (Fsp3) is 0.667. The van der Waals surface area contributed by atoms with Crippen LogP contribution in [0.5, 0.6) is 0 Å². The summed E-state index contributed by atoms with van der Waals surface area (Å²) in [6.07, 6.45) is 0.229. The Morgan fingerprint density at radius 3 is 2.40 bits per heavy atom. The minimum absolute atomic E-state index is 0.0791. The lowest BCUT2D eigenvalue weighted by atomic mass is 9.85. The number of hydrogen-bond donors (Lipinski definition) is 1. The number of piperidine rings is 1. The van der Waals surface area contributed by atoms with Crippen LogP contribution in [0.1, 0.15) is 55.4 Å². The van der Waals surface area contributed by atoms with Gasteiger partial charge in [0.2, 0.25) is 0 Å². The van der Waals surface area contributed by atoms with Gasteiger partial charge in [-0.25, -0.2) is 4.98 Å². The molecule has 2 aliphatic rings. The minimum atomic E-state index is -4.13.